The van der Waals surface area contributed by atoms with E-state index in [4.69, 9.17) is 28.3 Å². The fourth-order valence-corrected chi connectivity index (χ4v) is 2.22. The zero-order valence-corrected chi connectivity index (χ0v) is 10.6. The van der Waals surface area contributed by atoms with E-state index < -0.39 is 5.97 Å². The summed E-state index contributed by atoms with van der Waals surface area (Å²) in [5, 5.41) is 13.2. The number of aromatic carboxylic acids is 1. The molecule has 0 fully saturated rings. The van der Waals surface area contributed by atoms with Gasteiger partial charge in [0, 0.05) is 5.02 Å². The van der Waals surface area contributed by atoms with Crippen LogP contribution in [0.2, 0.25) is 10.0 Å². The smallest absolute Gasteiger partial charge is 0.357 e. The number of thiazole rings is 1. The lowest BCUT2D eigenvalue weighted by Crippen LogP contribution is -2.01. The highest BCUT2D eigenvalue weighted by molar-refractivity contribution is 7.14. The molecule has 88 valence electrons. The van der Waals surface area contributed by atoms with E-state index in [1.165, 1.54) is 16.8 Å². The molecular weight excluding hydrogens is 283 g/mol. The predicted molar refractivity (Wildman–Crippen MR) is 68.8 cm³/mol. The maximum atomic E-state index is 10.9. The van der Waals surface area contributed by atoms with Gasteiger partial charge >= 0.3 is 5.97 Å². The third kappa shape index (κ3) is 2.69. The Bertz CT molecular complexity index is 571. The average molecular weight is 289 g/mol. The molecule has 0 saturated carbocycles. The van der Waals surface area contributed by atoms with E-state index in [0.717, 1.165) is 0 Å². The first-order valence-electron chi connectivity index (χ1n) is 4.47. The zero-order chi connectivity index (χ0) is 12.4. The molecule has 0 atom stereocenters. The Balaban J connectivity index is 2.34. The van der Waals surface area contributed by atoms with Gasteiger partial charge in [0.2, 0.25) is 0 Å². The maximum Gasteiger partial charge on any atom is 0.357 e. The first kappa shape index (κ1) is 12.2. The van der Waals surface area contributed by atoms with Crippen LogP contribution in [0.3, 0.4) is 0 Å². The summed E-state index contributed by atoms with van der Waals surface area (Å²) >= 11 is 13.0. The van der Waals surface area contributed by atoms with Crippen molar-refractivity contribution in [2.45, 2.75) is 0 Å². The lowest BCUT2D eigenvalue weighted by molar-refractivity contribution is 0.0692. The van der Waals surface area contributed by atoms with E-state index in [1.54, 1.807) is 18.2 Å². The molecule has 1 aromatic heterocycles. The minimum absolute atomic E-state index is 0.0361. The SMILES string of the molecule is O=C(O)c1ncsc1Nc1cc(Cl)ccc1Cl. The monoisotopic (exact) mass is 288 g/mol. The molecular formula is C10H6Cl2N2O2S. The number of rotatable bonds is 3. The van der Waals surface area contributed by atoms with Crippen molar-refractivity contribution in [3.8, 4) is 0 Å². The lowest BCUT2D eigenvalue weighted by atomic mass is 10.3. The number of hydrogen-bond acceptors (Lipinski definition) is 4. The number of nitrogens with zero attached hydrogens (tertiary/aromatic N) is 1. The third-order valence-corrected chi connectivity index (χ3v) is 3.25. The highest BCUT2D eigenvalue weighted by Gasteiger charge is 2.14. The van der Waals surface area contributed by atoms with Crippen molar-refractivity contribution in [1.29, 1.82) is 0 Å². The fraction of sp³-hybridized carbons (Fsp3) is 0. The first-order chi connectivity index (χ1) is 8.08. The molecule has 0 aliphatic heterocycles. The van der Waals surface area contributed by atoms with Crippen molar-refractivity contribution in [2.75, 3.05) is 5.32 Å². The van der Waals surface area contributed by atoms with Crippen molar-refractivity contribution < 1.29 is 9.90 Å². The Labute approximate surface area is 111 Å². The second kappa shape index (κ2) is 4.91. The van der Waals surface area contributed by atoms with Crippen molar-refractivity contribution in [3.63, 3.8) is 0 Å². The number of hydrogen-bond donors (Lipinski definition) is 2. The molecule has 0 radical (unpaired) electrons. The van der Waals surface area contributed by atoms with Gasteiger partial charge in [-0.05, 0) is 18.2 Å². The van der Waals surface area contributed by atoms with Crippen LogP contribution >= 0.6 is 34.5 Å². The Morgan fingerprint density at radius 1 is 1.41 bits per heavy atom. The van der Waals surface area contributed by atoms with Gasteiger partial charge in [0.05, 0.1) is 16.2 Å². The van der Waals surface area contributed by atoms with Crippen LogP contribution in [0.15, 0.2) is 23.7 Å². The van der Waals surface area contributed by atoms with E-state index in [9.17, 15) is 4.79 Å². The summed E-state index contributed by atoms with van der Waals surface area (Å²) in [6, 6.07) is 4.91. The second-order valence-corrected chi connectivity index (χ2v) is 4.78. The molecule has 0 aliphatic rings. The van der Waals surface area contributed by atoms with E-state index in [1.807, 2.05) is 0 Å². The quantitative estimate of drug-likeness (QED) is 0.899. The Morgan fingerprint density at radius 3 is 2.88 bits per heavy atom. The maximum absolute atomic E-state index is 10.9. The molecule has 0 amide bonds. The second-order valence-electron chi connectivity index (χ2n) is 3.08. The molecule has 0 aliphatic carbocycles. The Morgan fingerprint density at radius 2 is 2.18 bits per heavy atom. The minimum Gasteiger partial charge on any atom is -0.476 e. The highest BCUT2D eigenvalue weighted by atomic mass is 35.5. The number of halogens is 2. The molecule has 2 N–H and O–H groups in total. The number of benzene rings is 1. The number of nitrogens with one attached hydrogen (secondary N) is 1. The van der Waals surface area contributed by atoms with Gasteiger partial charge < -0.3 is 10.4 Å². The van der Waals surface area contributed by atoms with Crippen LogP contribution < -0.4 is 5.32 Å². The van der Waals surface area contributed by atoms with Gasteiger partial charge in [-0.25, -0.2) is 9.78 Å². The van der Waals surface area contributed by atoms with Gasteiger partial charge in [-0.15, -0.1) is 11.3 Å². The molecule has 0 unspecified atom stereocenters. The van der Waals surface area contributed by atoms with Crippen LogP contribution in [-0.4, -0.2) is 16.1 Å². The van der Waals surface area contributed by atoms with Gasteiger partial charge in [0.15, 0.2) is 5.69 Å². The normalized spacial score (nSPS) is 10.2. The van der Waals surface area contributed by atoms with E-state index in [2.05, 4.69) is 10.3 Å². The predicted octanol–water partition coefficient (Wildman–Crippen LogP) is 3.89. The molecule has 0 bridgehead atoms. The Kier molecular flexibility index (Phi) is 3.51. The van der Waals surface area contributed by atoms with Crippen LogP contribution in [0.4, 0.5) is 10.7 Å². The van der Waals surface area contributed by atoms with Gasteiger partial charge in [0.1, 0.15) is 5.00 Å². The summed E-state index contributed by atoms with van der Waals surface area (Å²) < 4.78 is 0. The molecule has 0 spiro atoms. The van der Waals surface area contributed by atoms with Crippen molar-refractivity contribution in [2.24, 2.45) is 0 Å². The summed E-state index contributed by atoms with van der Waals surface area (Å²) in [7, 11) is 0. The Hall–Kier alpha value is -1.30. The van der Waals surface area contributed by atoms with Crippen molar-refractivity contribution in [1.82, 2.24) is 4.98 Å². The van der Waals surface area contributed by atoms with Crippen LogP contribution in [0.1, 0.15) is 10.5 Å². The van der Waals surface area contributed by atoms with Crippen LogP contribution in [-0.2, 0) is 0 Å². The number of carbonyl (C=O) groups is 1. The van der Waals surface area contributed by atoms with Gasteiger partial charge in [0.25, 0.3) is 0 Å². The third-order valence-electron chi connectivity index (χ3n) is 1.95. The van der Waals surface area contributed by atoms with Crippen LogP contribution in [0, 0.1) is 0 Å². The van der Waals surface area contributed by atoms with Crippen LogP contribution in [0.5, 0.6) is 0 Å². The van der Waals surface area contributed by atoms with E-state index in [-0.39, 0.29) is 5.69 Å². The van der Waals surface area contributed by atoms with E-state index >= 15 is 0 Å². The average Bonchev–Trinajstić information content (AvgIpc) is 2.71. The molecule has 7 heteroatoms. The number of carboxylic acid groups (broad SMARTS) is 1. The molecule has 2 aromatic rings. The molecule has 0 saturated heterocycles. The topological polar surface area (TPSA) is 62.2 Å². The van der Waals surface area contributed by atoms with Crippen molar-refractivity contribution >= 4 is 51.2 Å². The number of aromatic nitrogens is 1. The van der Waals surface area contributed by atoms with Gasteiger partial charge in [-0.1, -0.05) is 23.2 Å². The summed E-state index contributed by atoms with van der Waals surface area (Å²) in [5.74, 6) is -1.09. The van der Waals surface area contributed by atoms with Gasteiger partial charge in [-0.2, -0.15) is 0 Å². The largest absolute Gasteiger partial charge is 0.476 e. The standard InChI is InChI=1S/C10H6Cl2N2O2S/c11-5-1-2-6(12)7(3-5)14-9-8(10(15)16)13-4-17-9/h1-4,14H,(H,15,16). The fourth-order valence-electron chi connectivity index (χ4n) is 1.20. The van der Waals surface area contributed by atoms with E-state index in [0.29, 0.717) is 20.7 Å². The molecule has 2 rings (SSSR count). The molecule has 1 aromatic carbocycles. The summed E-state index contributed by atoms with van der Waals surface area (Å²) in [4.78, 5) is 14.6. The summed E-state index contributed by atoms with van der Waals surface area (Å²) in [6.07, 6.45) is 0. The highest BCUT2D eigenvalue weighted by Crippen LogP contribution is 2.31. The molecule has 1 heterocycles. The van der Waals surface area contributed by atoms with Crippen molar-refractivity contribution in [3.05, 3.63) is 39.4 Å². The zero-order valence-electron chi connectivity index (χ0n) is 8.28. The summed E-state index contributed by atoms with van der Waals surface area (Å²) in [5.41, 5.74) is 1.96. The van der Waals surface area contributed by atoms with Gasteiger partial charge in [-0.3, -0.25) is 0 Å². The number of anilines is 2. The lowest BCUT2D eigenvalue weighted by Gasteiger charge is -2.07. The first-order valence-corrected chi connectivity index (χ1v) is 6.10. The summed E-state index contributed by atoms with van der Waals surface area (Å²) in [6.45, 7) is 0. The number of carboxylic acids is 1. The minimum atomic E-state index is -1.09. The molecule has 4 nitrogen and oxygen atoms in total. The molecule has 17 heavy (non-hydrogen) atoms. The van der Waals surface area contributed by atoms with Crippen LogP contribution in [0.25, 0.3) is 0 Å².